The van der Waals surface area contributed by atoms with Gasteiger partial charge in [0.1, 0.15) is 30.2 Å². The number of carbonyl (C=O) groups is 7. The topological polar surface area (TPSA) is 288 Å². The summed E-state index contributed by atoms with van der Waals surface area (Å²) in [5, 5.41) is 16.6. The number of imidazole rings is 1. The summed E-state index contributed by atoms with van der Waals surface area (Å²) in [4.78, 5) is 101. The van der Waals surface area contributed by atoms with E-state index in [0.29, 0.717) is 17.9 Å². The molecule has 6 atom stereocenters. The van der Waals surface area contributed by atoms with Gasteiger partial charge in [-0.2, -0.15) is 11.8 Å². The van der Waals surface area contributed by atoms with Crippen molar-refractivity contribution >= 4 is 64.0 Å². The van der Waals surface area contributed by atoms with Gasteiger partial charge in [0.05, 0.1) is 18.9 Å². The minimum atomic E-state index is -1.20. The molecule has 0 aliphatic rings. The van der Waals surface area contributed by atoms with Crippen LogP contribution in [0.3, 0.4) is 0 Å². The number of aromatic nitrogens is 3. The first-order valence-electron chi connectivity index (χ1n) is 18.8. The first kappa shape index (κ1) is 46.0. The molecule has 1 aromatic carbocycles. The van der Waals surface area contributed by atoms with Crippen LogP contribution in [0.5, 0.6) is 0 Å². The molecule has 3 aromatic rings. The van der Waals surface area contributed by atoms with Crippen molar-refractivity contribution in [3.8, 4) is 0 Å². The number of hydrogen-bond acceptors (Lipinski definition) is 10. The second-order valence-corrected chi connectivity index (χ2v) is 15.7. The number of nitrogens with two attached hydrogens (primary N) is 2. The Kier molecular flexibility index (Phi) is 18.0. The highest BCUT2D eigenvalue weighted by Gasteiger charge is 2.31. The first-order valence-corrected chi connectivity index (χ1v) is 20.2. The molecule has 0 aliphatic heterocycles. The van der Waals surface area contributed by atoms with Gasteiger partial charge >= 0.3 is 0 Å². The minimum Gasteiger partial charge on any atom is -0.368 e. The SMILES string of the molecule is CSCC[C@H](NC(=O)[C@H](CC(C)C)NC(=O)[C@H](Cc1cnc[nH]1)NC(=O)CNC(=O)[C@@H](NC(=O)[C@H](C)NC(=O)C(N)Cc1c[nH]c2ccccc12)C(C)C)C(N)=O. The van der Waals surface area contributed by atoms with Crippen LogP contribution in [-0.2, 0) is 46.4 Å². The molecule has 0 aliphatic carbocycles. The molecule has 12 N–H and O–H groups in total. The van der Waals surface area contributed by atoms with Crippen LogP contribution in [0.25, 0.3) is 10.9 Å². The number of primary amides is 1. The van der Waals surface area contributed by atoms with E-state index in [2.05, 4.69) is 46.9 Å². The molecule has 0 saturated carbocycles. The van der Waals surface area contributed by atoms with Crippen LogP contribution in [0.2, 0.25) is 0 Å². The molecule has 2 aromatic heterocycles. The fraction of sp³-hybridized carbons (Fsp3) is 0.526. The lowest BCUT2D eigenvalue weighted by atomic mass is 10.0. The number of amides is 7. The Morgan fingerprint density at radius 2 is 1.47 bits per heavy atom. The molecule has 0 spiro atoms. The van der Waals surface area contributed by atoms with Crippen molar-refractivity contribution in [3.05, 3.63) is 54.2 Å². The van der Waals surface area contributed by atoms with Crippen LogP contribution in [0.4, 0.5) is 0 Å². The second kappa shape index (κ2) is 22.3. The number of carbonyl (C=O) groups excluding carboxylic acids is 7. The number of benzene rings is 1. The van der Waals surface area contributed by atoms with Gasteiger partial charge in [-0.25, -0.2) is 4.98 Å². The number of hydrogen-bond donors (Lipinski definition) is 10. The molecule has 3 rings (SSSR count). The number of fused-ring (bicyclic) bond motifs is 1. The second-order valence-electron chi connectivity index (χ2n) is 14.7. The predicted molar refractivity (Wildman–Crippen MR) is 217 cm³/mol. The summed E-state index contributed by atoms with van der Waals surface area (Å²) in [5.74, 6) is -4.42. The fourth-order valence-electron chi connectivity index (χ4n) is 5.95. The standard InChI is InChI=1S/C38H57N11O7S/c1-20(2)13-29(36(54)47-28(33(40)51)11-12-57-6)48-37(55)30(15-24-17-41-19-44-24)46-31(50)18-43-38(56)32(21(3)4)49-34(52)22(5)45-35(53)26(39)14-23-16-42-27-10-8-7-9-25(23)27/h7-10,16-17,19-22,26,28-30,32,42H,11-15,18,39H2,1-6H3,(H2,40,51)(H,41,44)(H,43,56)(H,45,53)(H,46,50)(H,47,54)(H,48,55)(H,49,52)/t22-,26?,28-,29-,30-,32-/m0/s1. The molecular weight excluding hydrogens is 755 g/mol. The van der Waals surface area contributed by atoms with Gasteiger partial charge in [-0.05, 0) is 61.7 Å². The number of nitrogens with one attached hydrogen (secondary N) is 8. The van der Waals surface area contributed by atoms with Crippen molar-refractivity contribution < 1.29 is 33.6 Å². The third-order valence-electron chi connectivity index (χ3n) is 9.11. The average molecular weight is 812 g/mol. The highest BCUT2D eigenvalue weighted by Crippen LogP contribution is 2.19. The molecule has 18 nitrogen and oxygen atoms in total. The number of aromatic amines is 2. The van der Waals surface area contributed by atoms with E-state index in [1.807, 2.05) is 44.4 Å². The van der Waals surface area contributed by atoms with E-state index in [1.54, 1.807) is 20.0 Å². The normalized spacial score (nSPS) is 14.5. The lowest BCUT2D eigenvalue weighted by Gasteiger charge is -2.26. The number of rotatable bonds is 23. The van der Waals surface area contributed by atoms with Crippen LogP contribution in [-0.4, -0.2) is 111 Å². The quantitative estimate of drug-likeness (QED) is 0.0586. The zero-order valence-electron chi connectivity index (χ0n) is 33.3. The van der Waals surface area contributed by atoms with Crippen molar-refractivity contribution in [2.75, 3.05) is 18.6 Å². The van der Waals surface area contributed by atoms with Gasteiger partial charge in [0, 0.05) is 35.4 Å². The van der Waals surface area contributed by atoms with Gasteiger partial charge in [0.15, 0.2) is 0 Å². The van der Waals surface area contributed by atoms with E-state index < -0.39 is 90.1 Å². The molecule has 0 fully saturated rings. The minimum absolute atomic E-state index is 0.0289. The number of thioether (sulfide) groups is 1. The molecule has 7 amide bonds. The third-order valence-corrected chi connectivity index (χ3v) is 9.76. The van der Waals surface area contributed by atoms with Crippen molar-refractivity contribution in [1.82, 2.24) is 46.9 Å². The molecule has 0 saturated heterocycles. The fourth-order valence-corrected chi connectivity index (χ4v) is 6.42. The zero-order valence-corrected chi connectivity index (χ0v) is 34.1. The highest BCUT2D eigenvalue weighted by atomic mass is 32.2. The van der Waals surface area contributed by atoms with E-state index in [4.69, 9.17) is 11.5 Å². The van der Waals surface area contributed by atoms with Gasteiger partial charge in [0.2, 0.25) is 41.4 Å². The Bertz CT molecular complexity index is 1830. The largest absolute Gasteiger partial charge is 0.368 e. The van der Waals surface area contributed by atoms with Crippen molar-refractivity contribution in [2.24, 2.45) is 23.3 Å². The molecule has 1 unspecified atom stereocenters. The summed E-state index contributed by atoms with van der Waals surface area (Å²) in [6, 6.07) is 1.38. The summed E-state index contributed by atoms with van der Waals surface area (Å²) >= 11 is 1.49. The molecule has 312 valence electrons. The van der Waals surface area contributed by atoms with Gasteiger partial charge in [-0.1, -0.05) is 45.9 Å². The molecule has 2 heterocycles. The van der Waals surface area contributed by atoms with Gasteiger partial charge in [0.25, 0.3) is 0 Å². The summed E-state index contributed by atoms with van der Waals surface area (Å²) in [7, 11) is 0. The van der Waals surface area contributed by atoms with E-state index >= 15 is 0 Å². The monoisotopic (exact) mass is 811 g/mol. The van der Waals surface area contributed by atoms with E-state index in [0.717, 1.165) is 16.5 Å². The van der Waals surface area contributed by atoms with E-state index in [-0.39, 0.29) is 25.2 Å². The Morgan fingerprint density at radius 3 is 2.11 bits per heavy atom. The van der Waals surface area contributed by atoms with Crippen molar-refractivity contribution in [1.29, 1.82) is 0 Å². The predicted octanol–water partition coefficient (Wildman–Crippen LogP) is -0.496. The summed E-state index contributed by atoms with van der Waals surface area (Å²) in [5.41, 5.74) is 14.0. The molecule has 57 heavy (non-hydrogen) atoms. The maximum atomic E-state index is 13.7. The smallest absolute Gasteiger partial charge is 0.243 e. The van der Waals surface area contributed by atoms with Crippen LogP contribution < -0.4 is 43.4 Å². The van der Waals surface area contributed by atoms with Crippen molar-refractivity contribution in [2.45, 2.75) is 96.6 Å². The van der Waals surface area contributed by atoms with Crippen LogP contribution in [0, 0.1) is 11.8 Å². The maximum Gasteiger partial charge on any atom is 0.243 e. The van der Waals surface area contributed by atoms with Gasteiger partial charge in [-0.3, -0.25) is 33.6 Å². The Morgan fingerprint density at radius 1 is 0.789 bits per heavy atom. The molecule has 0 bridgehead atoms. The van der Waals surface area contributed by atoms with Gasteiger partial charge in [-0.15, -0.1) is 0 Å². The zero-order chi connectivity index (χ0) is 42.2. The van der Waals surface area contributed by atoms with Crippen LogP contribution in [0.15, 0.2) is 43.0 Å². The number of para-hydroxylation sites is 1. The van der Waals surface area contributed by atoms with Gasteiger partial charge < -0.3 is 53.3 Å². The molecular formula is C38H57N11O7S. The van der Waals surface area contributed by atoms with Crippen LogP contribution >= 0.6 is 11.8 Å². The Labute approximate surface area is 336 Å². The Balaban J connectivity index is 1.60. The van der Waals surface area contributed by atoms with E-state index in [1.165, 1.54) is 31.2 Å². The third kappa shape index (κ3) is 14.5. The number of H-pyrrole nitrogens is 2. The summed E-state index contributed by atoms with van der Waals surface area (Å²) in [6.07, 6.45) is 7.28. The van der Waals surface area contributed by atoms with Crippen molar-refractivity contribution in [3.63, 3.8) is 0 Å². The first-order chi connectivity index (χ1) is 27.0. The summed E-state index contributed by atoms with van der Waals surface area (Å²) < 4.78 is 0. The van der Waals surface area contributed by atoms with E-state index in [9.17, 15) is 33.6 Å². The highest BCUT2D eigenvalue weighted by molar-refractivity contribution is 7.98. The lowest BCUT2D eigenvalue weighted by Crippen LogP contribution is -2.58. The lowest BCUT2D eigenvalue weighted by molar-refractivity contribution is -0.134. The number of nitrogens with zero attached hydrogens (tertiary/aromatic N) is 1. The van der Waals surface area contributed by atoms with Crippen LogP contribution in [0.1, 0.15) is 58.7 Å². The molecule has 0 radical (unpaired) electrons. The average Bonchev–Trinajstić information content (AvgIpc) is 3.83. The summed E-state index contributed by atoms with van der Waals surface area (Å²) in [6.45, 7) is 8.05. The maximum absolute atomic E-state index is 13.7. The Hall–Kier alpha value is -5.43. The molecule has 19 heteroatoms.